The van der Waals surface area contributed by atoms with Crippen molar-refractivity contribution in [3.8, 4) is 0 Å². The van der Waals surface area contributed by atoms with Gasteiger partial charge in [-0.05, 0) is 61.3 Å². The molecule has 0 saturated heterocycles. The molecule has 0 amide bonds. The molecular formula is C22H30N2O3S. The van der Waals surface area contributed by atoms with E-state index in [0.717, 1.165) is 49.3 Å². The molecule has 2 aromatic rings. The molecule has 2 N–H and O–H groups in total. The number of fused-ring (bicyclic) bond motifs is 1. The largest absolute Gasteiger partial charge is 0.462 e. The summed E-state index contributed by atoms with van der Waals surface area (Å²) in [5.41, 5.74) is 9.37. The van der Waals surface area contributed by atoms with Gasteiger partial charge in [0.2, 0.25) is 0 Å². The van der Waals surface area contributed by atoms with Crippen LogP contribution < -0.4 is 5.73 Å². The van der Waals surface area contributed by atoms with Crippen molar-refractivity contribution in [1.29, 1.82) is 0 Å². The monoisotopic (exact) mass is 402 g/mol. The van der Waals surface area contributed by atoms with Crippen LogP contribution in [0.3, 0.4) is 0 Å². The summed E-state index contributed by atoms with van der Waals surface area (Å²) >= 11 is 1.60. The van der Waals surface area contributed by atoms with E-state index in [-0.39, 0.29) is 11.4 Å². The first-order valence-corrected chi connectivity index (χ1v) is 11.2. The van der Waals surface area contributed by atoms with Crippen LogP contribution in [-0.2, 0) is 24.0 Å². The van der Waals surface area contributed by atoms with Gasteiger partial charge in [0.15, 0.2) is 0 Å². The van der Waals surface area contributed by atoms with Gasteiger partial charge >= 0.3 is 5.97 Å². The molecule has 0 aliphatic heterocycles. The van der Waals surface area contributed by atoms with Gasteiger partial charge in [0, 0.05) is 10.9 Å². The van der Waals surface area contributed by atoms with Crippen LogP contribution in [0.4, 0.5) is 5.00 Å². The number of nitrogens with zero attached hydrogens (tertiary/aromatic N) is 1. The van der Waals surface area contributed by atoms with Crippen LogP contribution in [0.25, 0.3) is 0 Å². The summed E-state index contributed by atoms with van der Waals surface area (Å²) in [4.78, 5) is 13.9. The second-order valence-corrected chi connectivity index (χ2v) is 10.2. The Balaban J connectivity index is 1.53. The number of aromatic nitrogens is 1. The van der Waals surface area contributed by atoms with E-state index in [0.29, 0.717) is 23.1 Å². The molecule has 1 unspecified atom stereocenters. The highest BCUT2D eigenvalue weighted by atomic mass is 32.1. The summed E-state index contributed by atoms with van der Waals surface area (Å²) in [6.45, 7) is 4.52. The summed E-state index contributed by atoms with van der Waals surface area (Å²) in [5, 5.41) is 4.72. The van der Waals surface area contributed by atoms with E-state index in [4.69, 9.17) is 15.0 Å². The van der Waals surface area contributed by atoms with Gasteiger partial charge in [0.25, 0.3) is 0 Å². The lowest BCUT2D eigenvalue weighted by Gasteiger charge is -2.38. The fourth-order valence-corrected chi connectivity index (χ4v) is 5.76. The summed E-state index contributed by atoms with van der Waals surface area (Å²) in [5.74, 6) is 0.940. The molecule has 28 heavy (non-hydrogen) atoms. The number of aryl methyl sites for hydroxylation is 1. The van der Waals surface area contributed by atoms with Crippen molar-refractivity contribution in [2.45, 2.75) is 65.2 Å². The average Bonchev–Trinajstić information content (AvgIpc) is 3.17. The number of ether oxygens (including phenoxy) is 1. The molecule has 2 aliphatic rings. The van der Waals surface area contributed by atoms with Gasteiger partial charge in [0.1, 0.15) is 11.3 Å². The van der Waals surface area contributed by atoms with Crippen LogP contribution in [0, 0.1) is 17.3 Å². The molecule has 4 rings (SSSR count). The number of nitrogens with two attached hydrogens (primary N) is 1. The number of anilines is 1. The fourth-order valence-electron chi connectivity index (χ4n) is 4.48. The summed E-state index contributed by atoms with van der Waals surface area (Å²) in [6, 6.07) is 1.96. The minimum Gasteiger partial charge on any atom is -0.462 e. The third kappa shape index (κ3) is 4.27. The maximum atomic E-state index is 12.6. The van der Waals surface area contributed by atoms with E-state index >= 15 is 0 Å². The van der Waals surface area contributed by atoms with Crippen molar-refractivity contribution in [1.82, 2.24) is 5.16 Å². The fraction of sp³-hybridized carbons (Fsp3) is 0.636. The van der Waals surface area contributed by atoms with E-state index in [1.807, 2.05) is 19.9 Å². The Kier molecular flexibility index (Phi) is 5.50. The Morgan fingerprint density at radius 2 is 2.29 bits per heavy atom. The third-order valence-electron chi connectivity index (χ3n) is 6.13. The molecule has 152 valence electrons. The lowest BCUT2D eigenvalue weighted by atomic mass is 9.67. The van der Waals surface area contributed by atoms with Gasteiger partial charge in [-0.15, -0.1) is 11.3 Å². The second-order valence-electron chi connectivity index (χ2n) is 9.05. The number of carbonyl (C=O) groups excluding carboxylic acids is 1. The number of carbonyl (C=O) groups is 1. The standard InChI is InChI=1S/C22H30N2O3S/c1-14(2)13-26-21(25)19-17-6-9-22(11-15-3-4-15,12-18(17)28-20(19)23)8-5-16-7-10-27-24-16/h7,10,14-15H,3-6,8-9,11-13,23H2,1-2H3. The Labute approximate surface area is 170 Å². The van der Waals surface area contributed by atoms with Crippen molar-refractivity contribution in [3.05, 3.63) is 34.0 Å². The zero-order valence-electron chi connectivity index (χ0n) is 16.8. The van der Waals surface area contributed by atoms with Crippen LogP contribution in [0.5, 0.6) is 0 Å². The minimum atomic E-state index is -0.249. The van der Waals surface area contributed by atoms with Crippen molar-refractivity contribution in [2.24, 2.45) is 17.3 Å². The number of hydrogen-bond acceptors (Lipinski definition) is 6. The molecule has 1 fully saturated rings. The first-order valence-electron chi connectivity index (χ1n) is 10.4. The smallest absolute Gasteiger partial charge is 0.341 e. The first-order chi connectivity index (χ1) is 13.5. The van der Waals surface area contributed by atoms with Crippen LogP contribution in [0.15, 0.2) is 16.9 Å². The zero-order valence-corrected chi connectivity index (χ0v) is 17.6. The van der Waals surface area contributed by atoms with E-state index in [1.165, 1.54) is 24.1 Å². The van der Waals surface area contributed by atoms with Crippen molar-refractivity contribution in [3.63, 3.8) is 0 Å². The highest BCUT2D eigenvalue weighted by molar-refractivity contribution is 7.16. The molecule has 5 nitrogen and oxygen atoms in total. The average molecular weight is 403 g/mol. The van der Waals surface area contributed by atoms with Gasteiger partial charge in [-0.3, -0.25) is 0 Å². The molecule has 1 atom stereocenters. The van der Waals surface area contributed by atoms with E-state index in [9.17, 15) is 4.79 Å². The second kappa shape index (κ2) is 7.90. The van der Waals surface area contributed by atoms with E-state index in [2.05, 4.69) is 5.16 Å². The molecule has 2 aliphatic carbocycles. The number of rotatable bonds is 8. The first kappa shape index (κ1) is 19.5. The van der Waals surface area contributed by atoms with Crippen LogP contribution >= 0.6 is 11.3 Å². The molecule has 0 radical (unpaired) electrons. The van der Waals surface area contributed by atoms with E-state index < -0.39 is 0 Å². The van der Waals surface area contributed by atoms with E-state index in [1.54, 1.807) is 17.6 Å². The molecule has 0 aromatic carbocycles. The van der Waals surface area contributed by atoms with Crippen LogP contribution in [0.1, 0.15) is 72.4 Å². The molecule has 0 spiro atoms. The zero-order chi connectivity index (χ0) is 19.7. The quantitative estimate of drug-likeness (QED) is 0.626. The highest BCUT2D eigenvalue weighted by Crippen LogP contribution is 2.51. The van der Waals surface area contributed by atoms with Gasteiger partial charge < -0.3 is 15.0 Å². The van der Waals surface area contributed by atoms with Crippen LogP contribution in [-0.4, -0.2) is 17.7 Å². The number of hydrogen-bond donors (Lipinski definition) is 1. The highest BCUT2D eigenvalue weighted by Gasteiger charge is 2.41. The summed E-state index contributed by atoms with van der Waals surface area (Å²) in [7, 11) is 0. The normalized spacial score (nSPS) is 21.7. The topological polar surface area (TPSA) is 78.4 Å². The van der Waals surface area contributed by atoms with Gasteiger partial charge in [-0.1, -0.05) is 31.8 Å². The summed E-state index contributed by atoms with van der Waals surface area (Å²) < 4.78 is 10.5. The molecule has 2 heterocycles. The van der Waals surface area contributed by atoms with Gasteiger partial charge in [-0.25, -0.2) is 4.79 Å². The molecule has 0 bridgehead atoms. The molecule has 6 heteroatoms. The molecule has 2 aromatic heterocycles. The number of thiophene rings is 1. The number of nitrogen functional groups attached to an aromatic ring is 1. The number of esters is 1. The van der Waals surface area contributed by atoms with Crippen molar-refractivity contribution >= 4 is 22.3 Å². The Bertz CT molecular complexity index is 823. The third-order valence-corrected chi connectivity index (χ3v) is 7.19. The lowest BCUT2D eigenvalue weighted by Crippen LogP contribution is -2.30. The SMILES string of the molecule is CC(C)COC(=O)c1c(N)sc2c1CCC(CCc1ccon1)(CC1CC1)C2. The van der Waals surface area contributed by atoms with Crippen molar-refractivity contribution in [2.75, 3.05) is 12.3 Å². The molecule has 1 saturated carbocycles. The van der Waals surface area contributed by atoms with Gasteiger partial charge in [-0.2, -0.15) is 0 Å². The van der Waals surface area contributed by atoms with Gasteiger partial charge in [0.05, 0.1) is 17.9 Å². The Morgan fingerprint density at radius 3 is 2.96 bits per heavy atom. The lowest BCUT2D eigenvalue weighted by molar-refractivity contribution is 0.0458. The van der Waals surface area contributed by atoms with Crippen molar-refractivity contribution < 1.29 is 14.1 Å². The predicted molar refractivity (Wildman–Crippen MR) is 110 cm³/mol. The maximum absolute atomic E-state index is 12.6. The predicted octanol–water partition coefficient (Wildman–Crippen LogP) is 5.04. The Morgan fingerprint density at radius 1 is 1.46 bits per heavy atom. The molecular weight excluding hydrogens is 372 g/mol. The summed E-state index contributed by atoms with van der Waals surface area (Å²) in [6.07, 6.45) is 10.7. The maximum Gasteiger partial charge on any atom is 0.341 e. The van der Waals surface area contributed by atoms with Crippen LogP contribution in [0.2, 0.25) is 0 Å². The Hall–Kier alpha value is -1.82. The minimum absolute atomic E-state index is 0.249.